The molecule has 0 aromatic heterocycles. The van der Waals surface area contributed by atoms with E-state index in [9.17, 15) is 9.59 Å². The Morgan fingerprint density at radius 2 is 1.07 bits per heavy atom. The van der Waals surface area contributed by atoms with Gasteiger partial charge in [-0.1, -0.05) is 47.5 Å². The van der Waals surface area contributed by atoms with Crippen LogP contribution in [0.1, 0.15) is 76.5 Å². The van der Waals surface area contributed by atoms with Gasteiger partial charge in [0.15, 0.2) is 0 Å². The summed E-state index contributed by atoms with van der Waals surface area (Å²) in [6, 6.07) is 0. The number of carbonyl (C=O) groups excluding carboxylic acids is 2. The first-order valence-corrected chi connectivity index (χ1v) is 11.4. The SMILES string of the molecule is CCC.CCC.CCOC(=O)NCCCOCCOCCOCCCNC(=O)CC.[HH].[HH]. The number of rotatable bonds is 16. The predicted molar refractivity (Wildman–Crippen MR) is 126 cm³/mol. The van der Waals surface area contributed by atoms with Crippen LogP contribution in [0.5, 0.6) is 0 Å². The molecule has 0 saturated heterocycles. The monoisotopic (exact) mass is 440 g/mol. The fraction of sp³-hybridized carbons (Fsp3) is 0.909. The van der Waals surface area contributed by atoms with E-state index >= 15 is 0 Å². The maximum atomic E-state index is 11.0. The van der Waals surface area contributed by atoms with E-state index in [2.05, 4.69) is 38.3 Å². The Labute approximate surface area is 187 Å². The standard InChI is InChI=1S/C16H32N2O6.2C3H8.2H2/c1-3-15(19)17-7-5-9-21-11-13-23-14-12-22-10-6-8-18-16(20)24-4-2;2*1-3-2;;/h3-14H2,1-2H3,(H,17,19)(H,18,20);2*3H2,1-2H3;2*1H. The molecule has 0 bridgehead atoms. The quantitative estimate of drug-likeness (QED) is 0.345. The minimum absolute atomic E-state index is 0. The van der Waals surface area contributed by atoms with Gasteiger partial charge in [-0.15, -0.1) is 0 Å². The van der Waals surface area contributed by atoms with Crippen LogP contribution in [0.2, 0.25) is 0 Å². The third-order valence-corrected chi connectivity index (χ3v) is 2.86. The van der Waals surface area contributed by atoms with Crippen LogP contribution >= 0.6 is 0 Å². The maximum absolute atomic E-state index is 11.0. The van der Waals surface area contributed by atoms with Crippen molar-refractivity contribution in [3.8, 4) is 0 Å². The zero-order chi connectivity index (χ0) is 23.3. The molecule has 0 unspecified atom stereocenters. The summed E-state index contributed by atoms with van der Waals surface area (Å²) < 4.78 is 20.8. The molecule has 8 nitrogen and oxygen atoms in total. The van der Waals surface area contributed by atoms with Crippen molar-refractivity contribution in [3.63, 3.8) is 0 Å². The van der Waals surface area contributed by atoms with Crippen LogP contribution in [0.3, 0.4) is 0 Å². The fourth-order valence-corrected chi connectivity index (χ4v) is 1.62. The van der Waals surface area contributed by atoms with E-state index in [1.54, 1.807) is 6.92 Å². The van der Waals surface area contributed by atoms with Crippen LogP contribution in [0.25, 0.3) is 0 Å². The van der Waals surface area contributed by atoms with Gasteiger partial charge in [0.1, 0.15) is 0 Å². The number of nitrogens with one attached hydrogen (secondary N) is 2. The molecule has 0 heterocycles. The summed E-state index contributed by atoms with van der Waals surface area (Å²) in [5.74, 6) is 0.0648. The molecule has 0 atom stereocenters. The molecule has 2 N–H and O–H groups in total. The number of carbonyl (C=O) groups is 2. The van der Waals surface area contributed by atoms with Crippen molar-refractivity contribution in [1.29, 1.82) is 0 Å². The Kier molecular flexibility index (Phi) is 35.8. The number of amides is 2. The van der Waals surface area contributed by atoms with Gasteiger partial charge in [-0.3, -0.25) is 4.79 Å². The van der Waals surface area contributed by atoms with Gasteiger partial charge in [0.25, 0.3) is 0 Å². The smallest absolute Gasteiger partial charge is 0.407 e. The van der Waals surface area contributed by atoms with E-state index in [0.29, 0.717) is 65.8 Å². The van der Waals surface area contributed by atoms with Gasteiger partial charge in [0.05, 0.1) is 33.0 Å². The van der Waals surface area contributed by atoms with E-state index in [-0.39, 0.29) is 8.76 Å². The number of ether oxygens (including phenoxy) is 4. The van der Waals surface area contributed by atoms with Crippen molar-refractivity contribution in [2.45, 2.75) is 73.6 Å². The predicted octanol–water partition coefficient (Wildman–Crippen LogP) is 4.41. The summed E-state index contributed by atoms with van der Waals surface area (Å²) in [5, 5.41) is 5.41. The molecule has 0 radical (unpaired) electrons. The maximum Gasteiger partial charge on any atom is 0.407 e. The summed E-state index contributed by atoms with van der Waals surface area (Å²) >= 11 is 0. The highest BCUT2D eigenvalue weighted by Crippen LogP contribution is 1.86. The topological polar surface area (TPSA) is 95.1 Å². The van der Waals surface area contributed by atoms with Crippen molar-refractivity contribution in [2.24, 2.45) is 0 Å². The third kappa shape index (κ3) is 37.4. The van der Waals surface area contributed by atoms with Gasteiger partial charge in [0.2, 0.25) is 5.91 Å². The first-order valence-electron chi connectivity index (χ1n) is 11.4. The Hall–Kier alpha value is -1.38. The van der Waals surface area contributed by atoms with Gasteiger partial charge >= 0.3 is 6.09 Å². The van der Waals surface area contributed by atoms with Crippen molar-refractivity contribution in [3.05, 3.63) is 0 Å². The van der Waals surface area contributed by atoms with Crippen LogP contribution in [-0.4, -0.2) is 71.3 Å². The van der Waals surface area contributed by atoms with Crippen LogP contribution in [0.15, 0.2) is 0 Å². The van der Waals surface area contributed by atoms with E-state index < -0.39 is 6.09 Å². The van der Waals surface area contributed by atoms with E-state index in [1.165, 1.54) is 12.8 Å². The van der Waals surface area contributed by atoms with Gasteiger partial charge in [-0.2, -0.15) is 0 Å². The second-order valence-corrected chi connectivity index (χ2v) is 6.31. The van der Waals surface area contributed by atoms with Crippen LogP contribution < -0.4 is 10.6 Å². The van der Waals surface area contributed by atoms with Gasteiger partial charge in [-0.05, 0) is 19.8 Å². The molecular formula is C22H52N2O6. The lowest BCUT2D eigenvalue weighted by atomic mass is 10.4. The minimum Gasteiger partial charge on any atom is -0.450 e. The lowest BCUT2D eigenvalue weighted by Gasteiger charge is -2.08. The van der Waals surface area contributed by atoms with Gasteiger partial charge < -0.3 is 29.6 Å². The Balaban J connectivity index is -0.000000271. The average molecular weight is 441 g/mol. The number of hydrogen-bond donors (Lipinski definition) is 2. The van der Waals surface area contributed by atoms with Gasteiger partial charge in [0, 0.05) is 35.6 Å². The molecule has 186 valence electrons. The molecule has 0 spiro atoms. The van der Waals surface area contributed by atoms with Crippen molar-refractivity contribution >= 4 is 12.0 Å². The molecule has 2 amide bonds. The summed E-state index contributed by atoms with van der Waals surface area (Å²) in [4.78, 5) is 22.0. The third-order valence-electron chi connectivity index (χ3n) is 2.86. The van der Waals surface area contributed by atoms with Crippen molar-refractivity contribution < 1.29 is 31.4 Å². The lowest BCUT2D eigenvalue weighted by molar-refractivity contribution is -0.120. The summed E-state index contributed by atoms with van der Waals surface area (Å²) in [7, 11) is 0. The zero-order valence-corrected chi connectivity index (χ0v) is 20.3. The molecular weight excluding hydrogens is 388 g/mol. The van der Waals surface area contributed by atoms with E-state index in [0.717, 1.165) is 12.8 Å². The molecule has 0 saturated carbocycles. The van der Waals surface area contributed by atoms with Crippen LogP contribution in [0, 0.1) is 0 Å². The molecule has 0 fully saturated rings. The molecule has 8 heteroatoms. The highest BCUT2D eigenvalue weighted by atomic mass is 16.5. The van der Waals surface area contributed by atoms with E-state index in [4.69, 9.17) is 18.9 Å². The van der Waals surface area contributed by atoms with Crippen LogP contribution in [0.4, 0.5) is 4.79 Å². The summed E-state index contributed by atoms with van der Waals surface area (Å²) in [5.41, 5.74) is 0. The first-order chi connectivity index (χ1) is 14.5. The Bertz CT molecular complexity index is 352. The van der Waals surface area contributed by atoms with Gasteiger partial charge in [-0.25, -0.2) is 4.79 Å². The largest absolute Gasteiger partial charge is 0.450 e. The molecule has 0 aliphatic heterocycles. The number of hydrogen-bond acceptors (Lipinski definition) is 6. The second-order valence-electron chi connectivity index (χ2n) is 6.31. The highest BCUT2D eigenvalue weighted by molar-refractivity contribution is 5.75. The van der Waals surface area contributed by atoms with Crippen LogP contribution in [-0.2, 0) is 23.7 Å². The fourth-order valence-electron chi connectivity index (χ4n) is 1.62. The zero-order valence-electron chi connectivity index (χ0n) is 20.3. The van der Waals surface area contributed by atoms with Crippen molar-refractivity contribution in [1.82, 2.24) is 10.6 Å². The molecule has 0 aromatic rings. The lowest BCUT2D eigenvalue weighted by Crippen LogP contribution is -2.26. The molecule has 0 aliphatic rings. The molecule has 30 heavy (non-hydrogen) atoms. The minimum atomic E-state index is -0.395. The summed E-state index contributed by atoms with van der Waals surface area (Å²) in [6.45, 7) is 16.9. The number of alkyl carbamates (subject to hydrolysis) is 1. The molecule has 0 aromatic carbocycles. The Morgan fingerprint density at radius 3 is 1.47 bits per heavy atom. The van der Waals surface area contributed by atoms with Crippen molar-refractivity contribution in [2.75, 3.05) is 59.3 Å². The summed E-state index contributed by atoms with van der Waals surface area (Å²) in [6.07, 6.45) is 4.15. The normalized spacial score (nSPS) is 9.53. The second kappa shape index (κ2) is 32.3. The molecule has 0 aliphatic carbocycles. The average Bonchev–Trinajstić information content (AvgIpc) is 2.72. The Morgan fingerprint density at radius 1 is 0.667 bits per heavy atom. The molecule has 0 rings (SSSR count). The van der Waals surface area contributed by atoms with E-state index in [1.807, 2.05) is 6.92 Å². The highest BCUT2D eigenvalue weighted by Gasteiger charge is 1.98. The first kappa shape index (κ1) is 33.3.